The molecule has 2 saturated carbocycles. The highest BCUT2D eigenvalue weighted by Gasteiger charge is 2.24. The first kappa shape index (κ1) is 23.6. The van der Waals surface area contributed by atoms with Crippen LogP contribution < -0.4 is 4.74 Å². The fourth-order valence-corrected chi connectivity index (χ4v) is 5.83. The Hall–Kier alpha value is -1.05. The Morgan fingerprint density at radius 3 is 1.80 bits per heavy atom. The molecule has 2 aliphatic rings. The summed E-state index contributed by atoms with van der Waals surface area (Å²) in [7, 11) is 0. The number of hydrogen-bond donors (Lipinski definition) is 0. The van der Waals surface area contributed by atoms with Crippen molar-refractivity contribution < 1.29 is 4.74 Å². The largest absolute Gasteiger partial charge is 0.492 e. The predicted octanol–water partition coefficient (Wildman–Crippen LogP) is 8.39. The van der Waals surface area contributed by atoms with Gasteiger partial charge < -0.3 is 4.74 Å². The van der Waals surface area contributed by atoms with Gasteiger partial charge in [-0.3, -0.25) is 4.98 Å². The second-order valence-corrected chi connectivity index (χ2v) is 10.4. The van der Waals surface area contributed by atoms with E-state index in [1.54, 1.807) is 0 Å². The Balaban J connectivity index is 1.26. The molecule has 0 bridgehead atoms. The molecule has 0 unspecified atom stereocenters. The number of rotatable bonds is 12. The Morgan fingerprint density at radius 2 is 1.30 bits per heavy atom. The van der Waals surface area contributed by atoms with Crippen molar-refractivity contribution in [2.45, 2.75) is 117 Å². The van der Waals surface area contributed by atoms with Crippen LogP contribution in [0.15, 0.2) is 18.3 Å². The average molecular weight is 414 g/mol. The number of unbranched alkanes of at least 4 members (excludes halogenated alkanes) is 1. The van der Waals surface area contributed by atoms with E-state index in [9.17, 15) is 0 Å². The molecule has 30 heavy (non-hydrogen) atoms. The molecule has 2 nitrogen and oxygen atoms in total. The van der Waals surface area contributed by atoms with E-state index in [4.69, 9.17) is 4.74 Å². The monoisotopic (exact) mass is 413 g/mol. The molecule has 0 saturated heterocycles. The van der Waals surface area contributed by atoms with Crippen molar-refractivity contribution in [2.75, 3.05) is 6.61 Å². The van der Waals surface area contributed by atoms with Crippen molar-refractivity contribution in [3.8, 4) is 5.75 Å². The molecule has 2 fully saturated rings. The van der Waals surface area contributed by atoms with Crippen LogP contribution in [0.4, 0.5) is 0 Å². The molecule has 1 aromatic heterocycles. The molecule has 0 N–H and O–H groups in total. The zero-order valence-corrected chi connectivity index (χ0v) is 19.9. The molecule has 3 rings (SSSR count). The molecule has 2 heteroatoms. The first-order valence-electron chi connectivity index (χ1n) is 13.3. The van der Waals surface area contributed by atoms with Crippen LogP contribution in [-0.4, -0.2) is 11.6 Å². The Bertz CT molecular complexity index is 553. The van der Waals surface area contributed by atoms with Crippen molar-refractivity contribution in [2.24, 2.45) is 23.7 Å². The number of aromatic nitrogens is 1. The Morgan fingerprint density at radius 1 is 0.733 bits per heavy atom. The number of ether oxygens (including phenoxy) is 1. The van der Waals surface area contributed by atoms with E-state index in [0.29, 0.717) is 0 Å². The van der Waals surface area contributed by atoms with E-state index in [1.165, 1.54) is 95.6 Å². The van der Waals surface area contributed by atoms with Gasteiger partial charge in [0.15, 0.2) is 0 Å². The van der Waals surface area contributed by atoms with E-state index in [2.05, 4.69) is 31.0 Å². The van der Waals surface area contributed by atoms with Gasteiger partial charge in [-0.15, -0.1) is 0 Å². The third-order valence-corrected chi connectivity index (χ3v) is 7.99. The van der Waals surface area contributed by atoms with Crippen LogP contribution in [0.3, 0.4) is 0 Å². The van der Waals surface area contributed by atoms with Crippen molar-refractivity contribution in [1.29, 1.82) is 0 Å². The van der Waals surface area contributed by atoms with Crippen LogP contribution in [0.2, 0.25) is 0 Å². The van der Waals surface area contributed by atoms with Gasteiger partial charge in [0.1, 0.15) is 5.75 Å². The van der Waals surface area contributed by atoms with Crippen molar-refractivity contribution >= 4 is 0 Å². The fourth-order valence-electron chi connectivity index (χ4n) is 5.83. The summed E-state index contributed by atoms with van der Waals surface area (Å²) in [6.45, 7) is 5.34. The number of aryl methyl sites for hydroxylation is 1. The maximum absolute atomic E-state index is 5.73. The highest BCUT2D eigenvalue weighted by atomic mass is 16.5. The van der Waals surface area contributed by atoms with Gasteiger partial charge in [-0.25, -0.2) is 0 Å². The SMILES string of the molecule is CCCCOc1ccc(CCC2CCC(CCC3CCC(CCC)CC3)CC2)nc1. The Kier molecular flexibility index (Phi) is 10.5. The molecule has 0 radical (unpaired) electrons. The third kappa shape index (κ3) is 8.23. The Labute approximate surface area is 186 Å². The van der Waals surface area contributed by atoms with Crippen LogP contribution in [0.25, 0.3) is 0 Å². The normalized spacial score (nSPS) is 27.1. The average Bonchev–Trinajstić information content (AvgIpc) is 2.79. The molecule has 0 spiro atoms. The van der Waals surface area contributed by atoms with Crippen LogP contribution in [0.5, 0.6) is 5.75 Å². The summed E-state index contributed by atoms with van der Waals surface area (Å²) in [5, 5.41) is 0. The molecule has 0 aromatic carbocycles. The fraction of sp³-hybridized carbons (Fsp3) is 0.821. The van der Waals surface area contributed by atoms with E-state index in [1.807, 2.05) is 6.20 Å². The minimum absolute atomic E-state index is 0.806. The second-order valence-electron chi connectivity index (χ2n) is 10.4. The second kappa shape index (κ2) is 13.4. The van der Waals surface area contributed by atoms with Gasteiger partial charge in [-0.05, 0) is 55.1 Å². The number of hydrogen-bond acceptors (Lipinski definition) is 2. The standard InChI is InChI=1S/C28H47NO/c1-3-5-21-30-28-20-19-27(29-22-28)18-17-26-15-13-25(14-16-26)12-11-24-9-7-23(6-4-2)8-10-24/h19-20,22-26H,3-18,21H2,1-2H3. The summed E-state index contributed by atoms with van der Waals surface area (Å²) in [6.07, 6.45) is 24.5. The minimum atomic E-state index is 0.806. The van der Waals surface area contributed by atoms with E-state index < -0.39 is 0 Å². The smallest absolute Gasteiger partial charge is 0.137 e. The quantitative estimate of drug-likeness (QED) is 0.321. The zero-order chi connectivity index (χ0) is 21.0. The minimum Gasteiger partial charge on any atom is -0.492 e. The van der Waals surface area contributed by atoms with Gasteiger partial charge in [-0.1, -0.05) is 97.3 Å². The van der Waals surface area contributed by atoms with Gasteiger partial charge in [0.2, 0.25) is 0 Å². The van der Waals surface area contributed by atoms with Crippen molar-refractivity contribution in [3.05, 3.63) is 24.0 Å². The highest BCUT2D eigenvalue weighted by Crippen LogP contribution is 2.38. The van der Waals surface area contributed by atoms with Gasteiger partial charge in [0.25, 0.3) is 0 Å². The lowest BCUT2D eigenvalue weighted by atomic mass is 9.74. The summed E-state index contributed by atoms with van der Waals surface area (Å²) in [5.74, 6) is 4.98. The molecule has 0 atom stereocenters. The van der Waals surface area contributed by atoms with Gasteiger partial charge in [-0.2, -0.15) is 0 Å². The van der Waals surface area contributed by atoms with Crippen LogP contribution in [0, 0.1) is 23.7 Å². The van der Waals surface area contributed by atoms with Crippen LogP contribution in [-0.2, 0) is 6.42 Å². The lowest BCUT2D eigenvalue weighted by Gasteiger charge is -2.32. The molecule has 0 amide bonds. The molecule has 2 aliphatic carbocycles. The summed E-state index contributed by atoms with van der Waals surface area (Å²) < 4.78 is 5.73. The van der Waals surface area contributed by atoms with Gasteiger partial charge >= 0.3 is 0 Å². The number of pyridine rings is 1. The first-order chi connectivity index (χ1) is 14.8. The maximum atomic E-state index is 5.73. The third-order valence-electron chi connectivity index (χ3n) is 7.99. The van der Waals surface area contributed by atoms with Crippen molar-refractivity contribution in [1.82, 2.24) is 4.98 Å². The van der Waals surface area contributed by atoms with E-state index >= 15 is 0 Å². The van der Waals surface area contributed by atoms with Gasteiger partial charge in [0, 0.05) is 5.69 Å². The molecule has 0 aliphatic heterocycles. The van der Waals surface area contributed by atoms with Crippen molar-refractivity contribution in [3.63, 3.8) is 0 Å². The van der Waals surface area contributed by atoms with Crippen LogP contribution >= 0.6 is 0 Å². The molecule has 170 valence electrons. The molecular formula is C28H47NO. The van der Waals surface area contributed by atoms with E-state index in [0.717, 1.165) is 48.9 Å². The first-order valence-corrected chi connectivity index (χ1v) is 13.3. The molecular weight excluding hydrogens is 366 g/mol. The summed E-state index contributed by atoms with van der Waals surface area (Å²) in [5.41, 5.74) is 1.23. The maximum Gasteiger partial charge on any atom is 0.137 e. The number of nitrogens with zero attached hydrogens (tertiary/aromatic N) is 1. The summed E-state index contributed by atoms with van der Waals surface area (Å²) in [4.78, 5) is 4.63. The highest BCUT2D eigenvalue weighted by molar-refractivity contribution is 5.19. The molecule has 1 heterocycles. The topological polar surface area (TPSA) is 22.1 Å². The van der Waals surface area contributed by atoms with E-state index in [-0.39, 0.29) is 0 Å². The lowest BCUT2D eigenvalue weighted by molar-refractivity contribution is 0.209. The van der Waals surface area contributed by atoms with Crippen LogP contribution in [0.1, 0.15) is 116 Å². The predicted molar refractivity (Wildman–Crippen MR) is 128 cm³/mol. The lowest BCUT2D eigenvalue weighted by Crippen LogP contribution is -2.18. The summed E-state index contributed by atoms with van der Waals surface area (Å²) in [6, 6.07) is 4.27. The molecule has 1 aromatic rings. The van der Waals surface area contributed by atoms with Gasteiger partial charge in [0.05, 0.1) is 12.8 Å². The zero-order valence-electron chi connectivity index (χ0n) is 19.9. The summed E-state index contributed by atoms with van der Waals surface area (Å²) >= 11 is 0.